The van der Waals surface area contributed by atoms with E-state index in [0.29, 0.717) is 12.1 Å². The van der Waals surface area contributed by atoms with Gasteiger partial charge in [0.15, 0.2) is 0 Å². The van der Waals surface area contributed by atoms with Crippen LogP contribution in [-0.4, -0.2) is 59.5 Å². The zero-order valence-corrected chi connectivity index (χ0v) is 10.1. The normalized spacial score (nSPS) is 20.4. The largest absolute Gasteiger partial charge is 0.387 e. The van der Waals surface area contributed by atoms with Gasteiger partial charge in [0, 0.05) is 18.2 Å². The maximum Gasteiger partial charge on any atom is 0.256 e. The number of hydrogen-bond acceptors (Lipinski definition) is 4. The first-order chi connectivity index (χ1) is 7.23. The Balaban J connectivity index is 2.69. The van der Waals surface area contributed by atoms with Gasteiger partial charge in [0.1, 0.15) is 0 Å². The summed E-state index contributed by atoms with van der Waals surface area (Å²) < 4.78 is 0. The zero-order valence-electron chi connectivity index (χ0n) is 10.1. The Labute approximate surface area is 95.3 Å². The molecule has 90 valence electrons. The Morgan fingerprint density at radius 3 is 2.38 bits per heavy atom. The van der Waals surface area contributed by atoms with E-state index in [0.717, 1.165) is 4.90 Å². The van der Waals surface area contributed by atoms with Gasteiger partial charge in [-0.15, -0.1) is 0 Å². The summed E-state index contributed by atoms with van der Waals surface area (Å²) in [6, 6.07) is 0. The topological polar surface area (TPSA) is 60.9 Å². The van der Waals surface area contributed by atoms with Crippen LogP contribution in [-0.2, 0) is 9.59 Å². The van der Waals surface area contributed by atoms with Gasteiger partial charge in [0.25, 0.3) is 11.8 Å². The Bertz CT molecular complexity index is 345. The number of rotatable bonds is 4. The van der Waals surface area contributed by atoms with Crippen molar-refractivity contribution in [3.63, 3.8) is 0 Å². The molecule has 0 bridgehead atoms. The number of imide groups is 1. The van der Waals surface area contributed by atoms with E-state index in [-0.39, 0.29) is 18.4 Å². The van der Waals surface area contributed by atoms with Crippen LogP contribution in [0.2, 0.25) is 0 Å². The monoisotopic (exact) mass is 226 g/mol. The second kappa shape index (κ2) is 4.35. The molecule has 1 unspecified atom stereocenters. The number of aliphatic hydroxyl groups is 1. The molecule has 2 amide bonds. The van der Waals surface area contributed by atoms with Crippen LogP contribution in [0, 0.1) is 0 Å². The molecule has 0 aromatic heterocycles. The lowest BCUT2D eigenvalue weighted by atomic mass is 10.1. The molecule has 16 heavy (non-hydrogen) atoms. The summed E-state index contributed by atoms with van der Waals surface area (Å²) in [5.41, 5.74) is -0.668. The molecule has 0 spiro atoms. The van der Waals surface area contributed by atoms with E-state index in [1.165, 1.54) is 6.08 Å². The fraction of sp³-hybridized carbons (Fsp3) is 0.636. The minimum atomic E-state index is -1.09. The fourth-order valence-corrected chi connectivity index (χ4v) is 1.86. The van der Waals surface area contributed by atoms with Crippen LogP contribution in [0.1, 0.15) is 13.8 Å². The standard InChI is InChI=1S/C11H18N2O3/c1-8-5-9(14)13(10(8)15)7-11(2,16)6-12(3)4/h5,16H,6-7H2,1-4H3. The highest BCUT2D eigenvalue weighted by Crippen LogP contribution is 2.16. The molecular formula is C11H18N2O3. The van der Waals surface area contributed by atoms with Gasteiger partial charge in [0.2, 0.25) is 0 Å². The molecule has 0 saturated carbocycles. The molecule has 1 aliphatic heterocycles. The lowest BCUT2D eigenvalue weighted by Gasteiger charge is -2.30. The molecule has 0 radical (unpaired) electrons. The van der Waals surface area contributed by atoms with Gasteiger partial charge in [-0.2, -0.15) is 0 Å². The van der Waals surface area contributed by atoms with Crippen molar-refractivity contribution in [3.8, 4) is 0 Å². The second-order valence-corrected chi connectivity index (χ2v) is 4.79. The first kappa shape index (κ1) is 12.9. The summed E-state index contributed by atoms with van der Waals surface area (Å²) in [5.74, 6) is -0.662. The average Bonchev–Trinajstić information content (AvgIpc) is 2.29. The lowest BCUT2D eigenvalue weighted by Crippen LogP contribution is -2.49. The SMILES string of the molecule is CC1=CC(=O)N(CC(C)(O)CN(C)C)C1=O. The lowest BCUT2D eigenvalue weighted by molar-refractivity contribution is -0.141. The Morgan fingerprint density at radius 1 is 1.44 bits per heavy atom. The van der Waals surface area contributed by atoms with Crippen molar-refractivity contribution in [1.82, 2.24) is 9.80 Å². The predicted molar refractivity (Wildman–Crippen MR) is 59.7 cm³/mol. The summed E-state index contributed by atoms with van der Waals surface area (Å²) >= 11 is 0. The quantitative estimate of drug-likeness (QED) is 0.663. The van der Waals surface area contributed by atoms with Gasteiger partial charge in [0.05, 0.1) is 12.1 Å². The van der Waals surface area contributed by atoms with Crippen LogP contribution >= 0.6 is 0 Å². The predicted octanol–water partition coefficient (Wildman–Crippen LogP) is -0.386. The third-order valence-corrected chi connectivity index (χ3v) is 2.34. The third kappa shape index (κ3) is 2.90. The minimum Gasteiger partial charge on any atom is -0.387 e. The maximum absolute atomic E-state index is 11.6. The molecule has 1 aliphatic rings. The number of hydrogen-bond donors (Lipinski definition) is 1. The van der Waals surface area contributed by atoms with Gasteiger partial charge < -0.3 is 10.0 Å². The van der Waals surface area contributed by atoms with Crippen molar-refractivity contribution in [3.05, 3.63) is 11.6 Å². The number of amides is 2. The van der Waals surface area contributed by atoms with E-state index in [1.807, 2.05) is 19.0 Å². The summed E-state index contributed by atoms with van der Waals surface area (Å²) in [5, 5.41) is 10.1. The van der Waals surface area contributed by atoms with E-state index in [1.54, 1.807) is 13.8 Å². The van der Waals surface area contributed by atoms with Crippen LogP contribution in [0.3, 0.4) is 0 Å². The molecule has 1 heterocycles. The van der Waals surface area contributed by atoms with Crippen LogP contribution in [0.15, 0.2) is 11.6 Å². The van der Waals surface area contributed by atoms with Crippen LogP contribution in [0.4, 0.5) is 0 Å². The molecule has 0 fully saturated rings. The Kier molecular flexibility index (Phi) is 3.50. The highest BCUT2D eigenvalue weighted by molar-refractivity contribution is 6.15. The highest BCUT2D eigenvalue weighted by atomic mass is 16.3. The van der Waals surface area contributed by atoms with Gasteiger partial charge in [-0.25, -0.2) is 0 Å². The van der Waals surface area contributed by atoms with Crippen molar-refractivity contribution in [2.45, 2.75) is 19.4 Å². The van der Waals surface area contributed by atoms with Crippen LogP contribution in [0.25, 0.3) is 0 Å². The number of carbonyl (C=O) groups excluding carboxylic acids is 2. The van der Waals surface area contributed by atoms with E-state index < -0.39 is 5.60 Å². The zero-order chi connectivity index (χ0) is 12.5. The smallest absolute Gasteiger partial charge is 0.256 e. The summed E-state index contributed by atoms with van der Waals surface area (Å²) in [4.78, 5) is 25.9. The Morgan fingerprint density at radius 2 is 2.00 bits per heavy atom. The van der Waals surface area contributed by atoms with Gasteiger partial charge in [-0.1, -0.05) is 0 Å². The van der Waals surface area contributed by atoms with Gasteiger partial charge in [-0.3, -0.25) is 14.5 Å². The van der Waals surface area contributed by atoms with E-state index in [9.17, 15) is 14.7 Å². The molecule has 1 rings (SSSR count). The molecule has 0 saturated heterocycles. The third-order valence-electron chi connectivity index (χ3n) is 2.34. The minimum absolute atomic E-state index is 0.0245. The summed E-state index contributed by atoms with van der Waals surface area (Å²) in [7, 11) is 3.65. The van der Waals surface area contributed by atoms with Gasteiger partial charge >= 0.3 is 0 Å². The second-order valence-electron chi connectivity index (χ2n) is 4.79. The maximum atomic E-state index is 11.6. The average molecular weight is 226 g/mol. The number of carbonyl (C=O) groups is 2. The molecule has 1 atom stereocenters. The fourth-order valence-electron chi connectivity index (χ4n) is 1.86. The summed E-state index contributed by atoms with van der Waals surface area (Å²) in [6.07, 6.45) is 1.30. The van der Waals surface area contributed by atoms with Gasteiger partial charge in [-0.05, 0) is 27.9 Å². The molecule has 0 aromatic carbocycles. The molecule has 1 N–H and O–H groups in total. The number of β-amino-alcohol motifs (C(OH)–C–C–N with tert-alkyl or cyclic N) is 1. The first-order valence-electron chi connectivity index (χ1n) is 5.14. The molecule has 5 nitrogen and oxygen atoms in total. The van der Waals surface area contributed by atoms with Crippen molar-refractivity contribution in [2.75, 3.05) is 27.2 Å². The summed E-state index contributed by atoms with van der Waals surface area (Å²) in [6.45, 7) is 3.63. The number of likely N-dealkylation sites (N-methyl/N-ethyl adjacent to an activating group) is 1. The van der Waals surface area contributed by atoms with Crippen LogP contribution < -0.4 is 0 Å². The molecule has 0 aromatic rings. The van der Waals surface area contributed by atoms with E-state index >= 15 is 0 Å². The van der Waals surface area contributed by atoms with E-state index in [4.69, 9.17) is 0 Å². The molecule has 5 heteroatoms. The van der Waals surface area contributed by atoms with Crippen molar-refractivity contribution < 1.29 is 14.7 Å². The van der Waals surface area contributed by atoms with Crippen LogP contribution in [0.5, 0.6) is 0 Å². The molecule has 0 aliphatic carbocycles. The number of nitrogens with zero attached hydrogens (tertiary/aromatic N) is 2. The van der Waals surface area contributed by atoms with Crippen molar-refractivity contribution >= 4 is 11.8 Å². The van der Waals surface area contributed by atoms with E-state index in [2.05, 4.69) is 0 Å². The van der Waals surface area contributed by atoms with Crippen molar-refractivity contribution in [1.29, 1.82) is 0 Å². The first-order valence-corrected chi connectivity index (χ1v) is 5.14. The van der Waals surface area contributed by atoms with Crippen molar-refractivity contribution in [2.24, 2.45) is 0 Å². The Hall–Kier alpha value is -1.20. The molecular weight excluding hydrogens is 208 g/mol. The highest BCUT2D eigenvalue weighted by Gasteiger charge is 2.34.